The van der Waals surface area contributed by atoms with Crippen molar-refractivity contribution in [3.8, 4) is 0 Å². The molecule has 1 rings (SSSR count). The number of nitrogens with one attached hydrogen (secondary N) is 1. The van der Waals surface area contributed by atoms with Gasteiger partial charge >= 0.3 is 0 Å². The SMILES string of the molecule is CC.CC.Cc1cccc(=O)[nH]1. The summed E-state index contributed by atoms with van der Waals surface area (Å²) >= 11 is 0. The van der Waals surface area contributed by atoms with E-state index in [1.54, 1.807) is 6.07 Å². The van der Waals surface area contributed by atoms with Crippen LogP contribution in [-0.4, -0.2) is 4.98 Å². The molecular weight excluding hydrogens is 150 g/mol. The first kappa shape index (κ1) is 13.5. The molecule has 2 nitrogen and oxygen atoms in total. The van der Waals surface area contributed by atoms with Gasteiger partial charge in [-0.15, -0.1) is 0 Å². The van der Waals surface area contributed by atoms with E-state index in [2.05, 4.69) is 4.98 Å². The van der Waals surface area contributed by atoms with Crippen LogP contribution in [0.15, 0.2) is 23.0 Å². The summed E-state index contributed by atoms with van der Waals surface area (Å²) in [4.78, 5) is 13.0. The molecule has 1 heterocycles. The second kappa shape index (κ2) is 9.95. The molecule has 0 bridgehead atoms. The van der Waals surface area contributed by atoms with Gasteiger partial charge in [-0.1, -0.05) is 33.8 Å². The third-order valence-electron chi connectivity index (χ3n) is 0.914. The molecule has 1 aromatic rings. The summed E-state index contributed by atoms with van der Waals surface area (Å²) in [7, 11) is 0. The standard InChI is InChI=1S/C6H7NO.2C2H6/c1-5-3-2-4-6(8)7-5;2*1-2/h2-4H,1H3,(H,7,8);2*1-2H3. The van der Waals surface area contributed by atoms with Gasteiger partial charge in [0.15, 0.2) is 0 Å². The monoisotopic (exact) mass is 169 g/mol. The molecule has 2 heteroatoms. The lowest BCUT2D eigenvalue weighted by molar-refractivity contribution is 1.14. The molecule has 0 saturated carbocycles. The zero-order valence-corrected chi connectivity index (χ0v) is 8.64. The Hall–Kier alpha value is -1.05. The van der Waals surface area contributed by atoms with Crippen molar-refractivity contribution in [1.29, 1.82) is 0 Å². The van der Waals surface area contributed by atoms with Crippen LogP contribution in [0.1, 0.15) is 33.4 Å². The van der Waals surface area contributed by atoms with Crippen molar-refractivity contribution in [1.82, 2.24) is 4.98 Å². The van der Waals surface area contributed by atoms with E-state index < -0.39 is 0 Å². The molecule has 1 N–H and O–H groups in total. The van der Waals surface area contributed by atoms with E-state index in [0.717, 1.165) is 5.69 Å². The lowest BCUT2D eigenvalue weighted by Crippen LogP contribution is -2.02. The van der Waals surface area contributed by atoms with Crippen LogP contribution >= 0.6 is 0 Å². The first-order chi connectivity index (χ1) is 5.79. The minimum Gasteiger partial charge on any atom is -0.327 e. The van der Waals surface area contributed by atoms with Crippen molar-refractivity contribution in [2.75, 3.05) is 0 Å². The molecule has 0 amide bonds. The van der Waals surface area contributed by atoms with Crippen molar-refractivity contribution in [2.24, 2.45) is 0 Å². The van der Waals surface area contributed by atoms with E-state index in [0.29, 0.717) is 0 Å². The van der Waals surface area contributed by atoms with Crippen molar-refractivity contribution in [3.63, 3.8) is 0 Å². The fourth-order valence-electron chi connectivity index (χ4n) is 0.558. The second-order valence-corrected chi connectivity index (χ2v) is 1.70. The first-order valence-electron chi connectivity index (χ1n) is 4.45. The Labute approximate surface area is 74.6 Å². The van der Waals surface area contributed by atoms with Gasteiger partial charge in [-0.25, -0.2) is 0 Å². The molecule has 70 valence electrons. The van der Waals surface area contributed by atoms with Crippen LogP contribution in [0.4, 0.5) is 0 Å². The predicted octanol–water partition coefficient (Wildman–Crippen LogP) is 2.74. The van der Waals surface area contributed by atoms with Crippen molar-refractivity contribution in [3.05, 3.63) is 34.2 Å². The maximum Gasteiger partial charge on any atom is 0.248 e. The van der Waals surface area contributed by atoms with Gasteiger partial charge in [0.05, 0.1) is 0 Å². The highest BCUT2D eigenvalue weighted by Gasteiger charge is 1.79. The summed E-state index contributed by atoms with van der Waals surface area (Å²) < 4.78 is 0. The molecule has 0 unspecified atom stereocenters. The average molecular weight is 169 g/mol. The van der Waals surface area contributed by atoms with Crippen molar-refractivity contribution < 1.29 is 0 Å². The highest BCUT2D eigenvalue weighted by atomic mass is 16.1. The van der Waals surface area contributed by atoms with E-state index in [-0.39, 0.29) is 5.56 Å². The molecule has 12 heavy (non-hydrogen) atoms. The Balaban J connectivity index is 0. The molecule has 0 fully saturated rings. The second-order valence-electron chi connectivity index (χ2n) is 1.70. The maximum atomic E-state index is 10.4. The number of aromatic nitrogens is 1. The van der Waals surface area contributed by atoms with Crippen LogP contribution in [-0.2, 0) is 0 Å². The van der Waals surface area contributed by atoms with Crippen molar-refractivity contribution in [2.45, 2.75) is 34.6 Å². The van der Waals surface area contributed by atoms with Gasteiger partial charge in [0.2, 0.25) is 5.56 Å². The molecule has 0 radical (unpaired) electrons. The highest BCUT2D eigenvalue weighted by Crippen LogP contribution is 1.81. The number of aryl methyl sites for hydroxylation is 1. The molecule has 1 aromatic heterocycles. The fourth-order valence-corrected chi connectivity index (χ4v) is 0.558. The Morgan fingerprint density at radius 1 is 1.08 bits per heavy atom. The van der Waals surface area contributed by atoms with Crippen LogP contribution in [0, 0.1) is 6.92 Å². The van der Waals surface area contributed by atoms with Crippen LogP contribution in [0.3, 0.4) is 0 Å². The average Bonchev–Trinajstić information content (AvgIpc) is 2.11. The van der Waals surface area contributed by atoms with E-state index in [4.69, 9.17) is 0 Å². The molecule has 0 aliphatic rings. The smallest absolute Gasteiger partial charge is 0.248 e. The molecule has 0 aliphatic carbocycles. The number of H-pyrrole nitrogens is 1. The lowest BCUT2D eigenvalue weighted by Gasteiger charge is -1.84. The molecule has 0 aliphatic heterocycles. The Morgan fingerprint density at radius 3 is 1.83 bits per heavy atom. The summed E-state index contributed by atoms with van der Waals surface area (Å²) in [6.45, 7) is 9.85. The summed E-state index contributed by atoms with van der Waals surface area (Å²) in [6, 6.07) is 5.07. The minimum atomic E-state index is -0.0370. The van der Waals surface area contributed by atoms with E-state index in [9.17, 15) is 4.79 Å². The summed E-state index contributed by atoms with van der Waals surface area (Å²) in [5.41, 5.74) is 0.863. The molecular formula is C10H19NO. The Bertz CT molecular complexity index is 227. The van der Waals surface area contributed by atoms with Gasteiger partial charge in [0.25, 0.3) is 0 Å². The van der Waals surface area contributed by atoms with E-state index >= 15 is 0 Å². The van der Waals surface area contributed by atoms with Gasteiger partial charge in [0, 0.05) is 11.8 Å². The summed E-state index contributed by atoms with van der Waals surface area (Å²) in [5.74, 6) is 0. The van der Waals surface area contributed by atoms with Gasteiger partial charge in [-0.05, 0) is 13.0 Å². The zero-order valence-electron chi connectivity index (χ0n) is 8.64. The number of aromatic amines is 1. The largest absolute Gasteiger partial charge is 0.327 e. The number of rotatable bonds is 0. The van der Waals surface area contributed by atoms with Crippen molar-refractivity contribution >= 4 is 0 Å². The number of pyridine rings is 1. The van der Waals surface area contributed by atoms with Gasteiger partial charge in [-0.2, -0.15) is 0 Å². The quantitative estimate of drug-likeness (QED) is 0.636. The van der Waals surface area contributed by atoms with E-state index in [1.807, 2.05) is 40.7 Å². The van der Waals surface area contributed by atoms with Gasteiger partial charge < -0.3 is 4.98 Å². The van der Waals surface area contributed by atoms with Crippen LogP contribution in [0.2, 0.25) is 0 Å². The van der Waals surface area contributed by atoms with Crippen LogP contribution in [0.5, 0.6) is 0 Å². The number of hydrogen-bond acceptors (Lipinski definition) is 1. The summed E-state index contributed by atoms with van der Waals surface area (Å²) in [6.07, 6.45) is 0. The third-order valence-corrected chi connectivity index (χ3v) is 0.914. The number of hydrogen-bond donors (Lipinski definition) is 1. The normalized spacial score (nSPS) is 7.08. The molecule has 0 aromatic carbocycles. The van der Waals surface area contributed by atoms with Crippen LogP contribution in [0.25, 0.3) is 0 Å². The zero-order chi connectivity index (χ0) is 9.98. The van der Waals surface area contributed by atoms with Gasteiger partial charge in [-0.3, -0.25) is 4.79 Å². The van der Waals surface area contributed by atoms with Gasteiger partial charge in [0.1, 0.15) is 0 Å². The first-order valence-corrected chi connectivity index (χ1v) is 4.45. The Kier molecular flexibility index (Phi) is 11.2. The molecule has 0 saturated heterocycles. The predicted molar refractivity (Wildman–Crippen MR) is 54.5 cm³/mol. The molecule has 0 atom stereocenters. The highest BCUT2D eigenvalue weighted by molar-refractivity contribution is 5.00. The molecule has 0 spiro atoms. The minimum absolute atomic E-state index is 0.0370. The Morgan fingerprint density at radius 2 is 1.58 bits per heavy atom. The fraction of sp³-hybridized carbons (Fsp3) is 0.500. The van der Waals surface area contributed by atoms with E-state index in [1.165, 1.54) is 6.07 Å². The lowest BCUT2D eigenvalue weighted by atomic mass is 10.4. The summed E-state index contributed by atoms with van der Waals surface area (Å²) in [5, 5.41) is 0. The van der Waals surface area contributed by atoms with Crippen LogP contribution < -0.4 is 5.56 Å². The maximum absolute atomic E-state index is 10.4. The topological polar surface area (TPSA) is 32.9 Å². The third kappa shape index (κ3) is 7.06.